The molecule has 1 N–H and O–H groups in total. The molecule has 151 valence electrons. The van der Waals surface area contributed by atoms with E-state index in [0.29, 0.717) is 11.5 Å². The van der Waals surface area contributed by atoms with E-state index in [0.717, 1.165) is 17.7 Å². The van der Waals surface area contributed by atoms with Crippen molar-refractivity contribution in [1.82, 2.24) is 5.32 Å². The second-order valence-corrected chi connectivity index (χ2v) is 14.7. The Labute approximate surface area is 173 Å². The van der Waals surface area contributed by atoms with E-state index in [1.165, 1.54) is 0 Å². The summed E-state index contributed by atoms with van der Waals surface area (Å²) >= 11 is 1.09. The number of carbonyl (C=O) groups excluding carboxylic acids is 2. The summed E-state index contributed by atoms with van der Waals surface area (Å²) < 4.78 is 12.1. The summed E-state index contributed by atoms with van der Waals surface area (Å²) in [6, 6.07) is 3.48. The second kappa shape index (κ2) is 7.99. The normalized spacial score (nSPS) is 24.7. The molecule has 1 aromatic heterocycles. The van der Waals surface area contributed by atoms with Crippen LogP contribution in [0.25, 0.3) is 0 Å². The number of carbonyl (C=O) groups is 2. The van der Waals surface area contributed by atoms with Gasteiger partial charge in [-0.25, -0.2) is 0 Å². The Hall–Kier alpha value is -1.05. The molecule has 0 bridgehead atoms. The molecule has 2 aliphatic rings. The van der Waals surface area contributed by atoms with E-state index in [-0.39, 0.29) is 33.5 Å². The first-order valence-electron chi connectivity index (χ1n) is 9.51. The molecule has 28 heavy (non-hydrogen) atoms. The van der Waals surface area contributed by atoms with Crippen molar-refractivity contribution in [3.63, 3.8) is 0 Å². The van der Waals surface area contributed by atoms with Crippen molar-refractivity contribution < 1.29 is 18.4 Å². The highest BCUT2D eigenvalue weighted by Gasteiger charge is 2.48. The standard InChI is InChI=1S/C21H28NO4SSi/c1-13(26-28(5,6)21(2,3)4)17-18(23)22-19(17)27-20(24)16-12-11-15(25-16)14-9-7-8-10-14/h7-13,17,19H,1-6H3,(H,22,23)/t13-,17+,19-/m1/s1. The summed E-state index contributed by atoms with van der Waals surface area (Å²) in [5.74, 6) is 1.49. The average Bonchev–Trinajstić information content (AvgIpc) is 3.23. The quantitative estimate of drug-likeness (QED) is 0.548. The summed E-state index contributed by atoms with van der Waals surface area (Å²) in [5, 5.41) is 2.40. The van der Waals surface area contributed by atoms with E-state index in [9.17, 15) is 9.59 Å². The third-order valence-electron chi connectivity index (χ3n) is 5.69. The van der Waals surface area contributed by atoms with Crippen LogP contribution in [-0.4, -0.2) is 30.8 Å². The zero-order valence-electron chi connectivity index (χ0n) is 17.2. The molecule has 5 radical (unpaired) electrons. The minimum Gasteiger partial charge on any atom is -0.456 e. The van der Waals surface area contributed by atoms with Crippen molar-refractivity contribution in [2.45, 2.75) is 57.3 Å². The van der Waals surface area contributed by atoms with Crippen LogP contribution < -0.4 is 5.32 Å². The van der Waals surface area contributed by atoms with Crippen molar-refractivity contribution in [1.29, 1.82) is 0 Å². The topological polar surface area (TPSA) is 68.5 Å². The third-order valence-corrected chi connectivity index (χ3v) is 11.3. The van der Waals surface area contributed by atoms with Gasteiger partial charge in [0.05, 0.1) is 17.4 Å². The Bertz CT molecular complexity index is 733. The van der Waals surface area contributed by atoms with Gasteiger partial charge in [0.25, 0.3) is 5.12 Å². The van der Waals surface area contributed by atoms with E-state index in [1.807, 2.05) is 32.6 Å². The average molecular weight is 419 g/mol. The fourth-order valence-electron chi connectivity index (χ4n) is 2.96. The fourth-order valence-corrected chi connectivity index (χ4v) is 5.51. The monoisotopic (exact) mass is 418 g/mol. The summed E-state index contributed by atoms with van der Waals surface area (Å²) in [6.07, 6.45) is 7.47. The second-order valence-electron chi connectivity index (χ2n) is 8.78. The van der Waals surface area contributed by atoms with E-state index in [1.54, 1.807) is 12.1 Å². The predicted octanol–water partition coefficient (Wildman–Crippen LogP) is 4.39. The van der Waals surface area contributed by atoms with Crippen LogP contribution in [0.1, 0.15) is 44.0 Å². The van der Waals surface area contributed by atoms with Crippen molar-refractivity contribution >= 4 is 31.1 Å². The fraction of sp³-hybridized carbons (Fsp3) is 0.476. The van der Waals surface area contributed by atoms with E-state index >= 15 is 0 Å². The van der Waals surface area contributed by atoms with Crippen LogP contribution in [0.3, 0.4) is 0 Å². The number of hydrogen-bond acceptors (Lipinski definition) is 5. The molecular weight excluding hydrogens is 390 g/mol. The lowest BCUT2D eigenvalue weighted by molar-refractivity contribution is -0.136. The number of rotatable bonds is 6. The SMILES string of the molecule is C[C@@H](O[Si](C)(C)C(C)(C)C)[C@H]1C(=O)N[C@@H]1SC(=O)c1ccc([C]2[CH][CH][CH][CH]2)o1. The number of β-lactam (4-membered cyclic amide) rings is 1. The van der Waals surface area contributed by atoms with Gasteiger partial charge in [-0.1, -0.05) is 32.5 Å². The van der Waals surface area contributed by atoms with Crippen LogP contribution >= 0.6 is 11.8 Å². The Morgan fingerprint density at radius 3 is 2.46 bits per heavy atom. The van der Waals surface area contributed by atoms with Crippen LogP contribution in [0.2, 0.25) is 18.1 Å². The van der Waals surface area contributed by atoms with Crippen LogP contribution in [0, 0.1) is 37.5 Å². The molecular formula is C21H28NO4SSi. The molecule has 1 aliphatic heterocycles. The molecule has 3 atom stereocenters. The minimum absolute atomic E-state index is 0.0608. The molecule has 1 aliphatic carbocycles. The van der Waals surface area contributed by atoms with Crippen LogP contribution in [0.15, 0.2) is 16.5 Å². The van der Waals surface area contributed by atoms with Gasteiger partial charge in [-0.15, -0.1) is 0 Å². The number of nitrogens with one attached hydrogen (secondary N) is 1. The highest BCUT2D eigenvalue weighted by Crippen LogP contribution is 2.40. The molecule has 0 spiro atoms. The Morgan fingerprint density at radius 1 is 1.25 bits per heavy atom. The smallest absolute Gasteiger partial charge is 0.256 e. The first-order chi connectivity index (χ1) is 13.0. The molecule has 3 rings (SSSR count). The van der Waals surface area contributed by atoms with Crippen molar-refractivity contribution in [3.05, 3.63) is 55.3 Å². The van der Waals surface area contributed by atoms with Gasteiger partial charge in [0, 0.05) is 5.92 Å². The number of hydrogen-bond donors (Lipinski definition) is 1. The highest BCUT2D eigenvalue weighted by molar-refractivity contribution is 8.14. The van der Waals surface area contributed by atoms with Crippen molar-refractivity contribution in [2.24, 2.45) is 5.92 Å². The number of amides is 1. The third kappa shape index (κ3) is 4.41. The van der Waals surface area contributed by atoms with Gasteiger partial charge >= 0.3 is 0 Å². The number of thioether (sulfide) groups is 1. The summed E-state index contributed by atoms with van der Waals surface area (Å²) in [4.78, 5) is 24.8. The first kappa shape index (κ1) is 21.7. The minimum atomic E-state index is -2.00. The Balaban J connectivity index is 1.61. The van der Waals surface area contributed by atoms with Gasteiger partial charge in [-0.3, -0.25) is 9.59 Å². The zero-order chi connectivity index (χ0) is 20.7. The molecule has 1 saturated carbocycles. The molecule has 2 heterocycles. The molecule has 1 amide bonds. The number of furan rings is 1. The molecule has 5 nitrogen and oxygen atoms in total. The van der Waals surface area contributed by atoms with E-state index in [4.69, 9.17) is 8.84 Å². The largest absolute Gasteiger partial charge is 0.456 e. The van der Waals surface area contributed by atoms with E-state index in [2.05, 4.69) is 39.2 Å². The van der Waals surface area contributed by atoms with Gasteiger partial charge < -0.3 is 14.2 Å². The maximum atomic E-state index is 12.6. The van der Waals surface area contributed by atoms with Gasteiger partial charge in [-0.05, 0) is 62.9 Å². The summed E-state index contributed by atoms with van der Waals surface area (Å²) in [5.41, 5.74) is 0. The molecule has 1 saturated heterocycles. The van der Waals surface area contributed by atoms with E-state index < -0.39 is 8.32 Å². The summed E-state index contributed by atoms with van der Waals surface area (Å²) in [7, 11) is -2.00. The lowest BCUT2D eigenvalue weighted by atomic mass is 9.96. The maximum absolute atomic E-state index is 12.6. The van der Waals surface area contributed by atoms with Crippen molar-refractivity contribution in [2.75, 3.05) is 0 Å². The van der Waals surface area contributed by atoms with Gasteiger partial charge in [-0.2, -0.15) is 0 Å². The van der Waals surface area contributed by atoms with Crippen LogP contribution in [-0.2, 0) is 9.22 Å². The lowest BCUT2D eigenvalue weighted by Crippen LogP contribution is -2.62. The highest BCUT2D eigenvalue weighted by atomic mass is 32.2. The molecule has 0 aromatic carbocycles. The van der Waals surface area contributed by atoms with Crippen LogP contribution in [0.4, 0.5) is 0 Å². The Morgan fingerprint density at radius 2 is 1.89 bits per heavy atom. The molecule has 0 unspecified atom stereocenters. The Kier molecular flexibility index (Phi) is 6.18. The maximum Gasteiger partial charge on any atom is 0.256 e. The van der Waals surface area contributed by atoms with Crippen molar-refractivity contribution in [3.8, 4) is 0 Å². The molecule has 1 aromatic rings. The molecule has 7 heteroatoms. The summed E-state index contributed by atoms with van der Waals surface area (Å²) in [6.45, 7) is 12.8. The van der Waals surface area contributed by atoms with Gasteiger partial charge in [0.15, 0.2) is 14.1 Å². The van der Waals surface area contributed by atoms with Crippen LogP contribution in [0.5, 0.6) is 0 Å². The molecule has 2 fully saturated rings. The first-order valence-corrected chi connectivity index (χ1v) is 13.3. The van der Waals surface area contributed by atoms with Gasteiger partial charge in [0.2, 0.25) is 5.91 Å². The van der Waals surface area contributed by atoms with Gasteiger partial charge in [0.1, 0.15) is 5.76 Å². The lowest BCUT2D eigenvalue weighted by Gasteiger charge is -2.44. The predicted molar refractivity (Wildman–Crippen MR) is 113 cm³/mol. The zero-order valence-corrected chi connectivity index (χ0v) is 19.1.